The van der Waals surface area contributed by atoms with Crippen molar-refractivity contribution in [2.75, 3.05) is 30.7 Å². The summed E-state index contributed by atoms with van der Waals surface area (Å²) in [6, 6.07) is 0. The van der Waals surface area contributed by atoms with Gasteiger partial charge in [-0.2, -0.15) is 0 Å². The maximum Gasteiger partial charge on any atom is 0.0477 e. The van der Waals surface area contributed by atoms with Crippen molar-refractivity contribution in [2.45, 2.75) is 19.8 Å². The third-order valence-electron chi connectivity index (χ3n) is 1.33. The Morgan fingerprint density at radius 1 is 1.27 bits per heavy atom. The number of rotatable bonds is 8. The van der Waals surface area contributed by atoms with E-state index in [1.54, 1.807) is 0 Å². The minimum absolute atomic E-state index is 0.841. The van der Waals surface area contributed by atoms with E-state index in [9.17, 15) is 0 Å². The molecule has 0 fully saturated rings. The number of alkyl halides is 1. The quantitative estimate of drug-likeness (QED) is 0.413. The maximum atomic E-state index is 5.20. The second kappa shape index (κ2) is 10.7. The van der Waals surface area contributed by atoms with E-state index < -0.39 is 0 Å². The van der Waals surface area contributed by atoms with Crippen molar-refractivity contribution in [3.05, 3.63) is 0 Å². The molecule has 0 amide bonds. The minimum atomic E-state index is 0.841. The van der Waals surface area contributed by atoms with Crippen LogP contribution in [-0.2, 0) is 4.74 Å². The molecule has 0 rings (SSSR count). The summed E-state index contributed by atoms with van der Waals surface area (Å²) < 4.78 is 6.44. The fraction of sp³-hybridized carbons (Fsp3) is 1.00. The Labute approximate surface area is 83.2 Å². The van der Waals surface area contributed by atoms with Crippen LogP contribution in [0.3, 0.4) is 0 Å². The predicted molar refractivity (Wildman–Crippen MR) is 57.5 cm³/mol. The SMILES string of the molecule is CCOCCCNCCCI. The molecule has 0 aromatic rings. The van der Waals surface area contributed by atoms with Crippen LogP contribution in [0, 0.1) is 0 Å². The van der Waals surface area contributed by atoms with Crippen LogP contribution in [0.2, 0.25) is 0 Å². The summed E-state index contributed by atoms with van der Waals surface area (Å²) in [5.74, 6) is 0. The Morgan fingerprint density at radius 3 is 2.64 bits per heavy atom. The van der Waals surface area contributed by atoms with Crippen molar-refractivity contribution >= 4 is 22.6 Å². The highest BCUT2D eigenvalue weighted by molar-refractivity contribution is 14.1. The fourth-order valence-electron chi connectivity index (χ4n) is 0.760. The van der Waals surface area contributed by atoms with Crippen LogP contribution in [0.15, 0.2) is 0 Å². The zero-order valence-electron chi connectivity index (χ0n) is 7.24. The summed E-state index contributed by atoms with van der Waals surface area (Å²) in [7, 11) is 0. The normalized spacial score (nSPS) is 10.4. The second-order valence-corrected chi connectivity index (χ2v) is 3.42. The van der Waals surface area contributed by atoms with E-state index in [4.69, 9.17) is 4.74 Å². The number of nitrogens with one attached hydrogen (secondary N) is 1. The molecule has 68 valence electrons. The van der Waals surface area contributed by atoms with Crippen molar-refractivity contribution in [3.63, 3.8) is 0 Å². The average molecular weight is 271 g/mol. The molecule has 0 spiro atoms. The monoisotopic (exact) mass is 271 g/mol. The lowest BCUT2D eigenvalue weighted by Gasteiger charge is -2.02. The van der Waals surface area contributed by atoms with Gasteiger partial charge in [0.2, 0.25) is 0 Å². The molecule has 0 saturated carbocycles. The van der Waals surface area contributed by atoms with E-state index in [0.717, 1.165) is 32.7 Å². The molecule has 3 heteroatoms. The first-order valence-corrected chi connectivity index (χ1v) is 5.78. The summed E-state index contributed by atoms with van der Waals surface area (Å²) in [5, 5.41) is 3.36. The molecule has 0 aromatic carbocycles. The fourth-order valence-corrected chi connectivity index (χ4v) is 1.14. The van der Waals surface area contributed by atoms with Gasteiger partial charge in [0.05, 0.1) is 0 Å². The van der Waals surface area contributed by atoms with Crippen molar-refractivity contribution in [1.82, 2.24) is 5.32 Å². The molecular formula is C8H18INO. The smallest absolute Gasteiger partial charge is 0.0477 e. The lowest BCUT2D eigenvalue weighted by atomic mass is 10.4. The van der Waals surface area contributed by atoms with E-state index in [1.807, 2.05) is 6.92 Å². The molecule has 0 aromatic heterocycles. The van der Waals surface area contributed by atoms with Crippen molar-refractivity contribution in [2.24, 2.45) is 0 Å². The van der Waals surface area contributed by atoms with Gasteiger partial charge < -0.3 is 10.1 Å². The van der Waals surface area contributed by atoms with Gasteiger partial charge in [0.1, 0.15) is 0 Å². The Bertz CT molecular complexity index is 63.1. The van der Waals surface area contributed by atoms with Gasteiger partial charge in [0.25, 0.3) is 0 Å². The lowest BCUT2D eigenvalue weighted by Crippen LogP contribution is -2.18. The van der Waals surface area contributed by atoms with E-state index in [1.165, 1.54) is 10.8 Å². The van der Waals surface area contributed by atoms with Crippen LogP contribution < -0.4 is 5.32 Å². The first kappa shape index (κ1) is 11.6. The predicted octanol–water partition coefficient (Wildman–Crippen LogP) is 1.83. The largest absolute Gasteiger partial charge is 0.382 e. The van der Waals surface area contributed by atoms with Crippen molar-refractivity contribution in [1.29, 1.82) is 0 Å². The molecule has 0 aliphatic carbocycles. The molecule has 0 bridgehead atoms. The maximum absolute atomic E-state index is 5.20. The summed E-state index contributed by atoms with van der Waals surface area (Å²) in [6.45, 7) is 6.01. The van der Waals surface area contributed by atoms with Gasteiger partial charge in [-0.25, -0.2) is 0 Å². The van der Waals surface area contributed by atoms with Crippen LogP contribution in [0.5, 0.6) is 0 Å². The number of hydrogen-bond donors (Lipinski definition) is 1. The summed E-state index contributed by atoms with van der Waals surface area (Å²) in [4.78, 5) is 0. The topological polar surface area (TPSA) is 21.3 Å². The van der Waals surface area contributed by atoms with E-state index in [0.29, 0.717) is 0 Å². The summed E-state index contributed by atoms with van der Waals surface area (Å²) in [5.41, 5.74) is 0. The van der Waals surface area contributed by atoms with Gasteiger partial charge in [0.15, 0.2) is 0 Å². The Hall–Kier alpha value is 0.650. The molecule has 0 unspecified atom stereocenters. The second-order valence-electron chi connectivity index (χ2n) is 2.34. The standard InChI is InChI=1S/C8H18INO/c1-2-11-8-4-7-10-6-3-5-9/h10H,2-8H2,1H3. The highest BCUT2D eigenvalue weighted by Gasteiger charge is 1.87. The molecule has 11 heavy (non-hydrogen) atoms. The molecule has 0 aliphatic heterocycles. The van der Waals surface area contributed by atoms with Crippen molar-refractivity contribution in [3.8, 4) is 0 Å². The zero-order valence-corrected chi connectivity index (χ0v) is 9.39. The molecule has 0 saturated heterocycles. The molecular weight excluding hydrogens is 253 g/mol. The van der Waals surface area contributed by atoms with E-state index in [-0.39, 0.29) is 0 Å². The van der Waals surface area contributed by atoms with Gasteiger partial charge in [0, 0.05) is 17.6 Å². The van der Waals surface area contributed by atoms with Crippen molar-refractivity contribution < 1.29 is 4.74 Å². The highest BCUT2D eigenvalue weighted by atomic mass is 127. The van der Waals surface area contributed by atoms with Gasteiger partial charge in [-0.3, -0.25) is 0 Å². The molecule has 2 nitrogen and oxygen atoms in total. The van der Waals surface area contributed by atoms with Crippen LogP contribution in [0.1, 0.15) is 19.8 Å². The number of halogens is 1. The minimum Gasteiger partial charge on any atom is -0.382 e. The van der Waals surface area contributed by atoms with Gasteiger partial charge in [-0.05, 0) is 32.9 Å². The first-order valence-electron chi connectivity index (χ1n) is 4.26. The Balaban J connectivity index is 2.69. The zero-order chi connectivity index (χ0) is 8.36. The molecule has 0 aliphatic rings. The molecule has 0 radical (unpaired) electrons. The summed E-state index contributed by atoms with van der Waals surface area (Å²) >= 11 is 2.40. The Morgan fingerprint density at radius 2 is 2.00 bits per heavy atom. The summed E-state index contributed by atoms with van der Waals surface area (Å²) in [6.07, 6.45) is 2.41. The van der Waals surface area contributed by atoms with Crippen LogP contribution >= 0.6 is 22.6 Å². The van der Waals surface area contributed by atoms with Crippen LogP contribution in [0.4, 0.5) is 0 Å². The van der Waals surface area contributed by atoms with E-state index >= 15 is 0 Å². The molecule has 1 N–H and O–H groups in total. The number of ether oxygens (including phenoxy) is 1. The van der Waals surface area contributed by atoms with Gasteiger partial charge >= 0.3 is 0 Å². The third-order valence-corrected chi connectivity index (χ3v) is 2.10. The van der Waals surface area contributed by atoms with Crippen LogP contribution in [0.25, 0.3) is 0 Å². The number of hydrogen-bond acceptors (Lipinski definition) is 2. The Kier molecular flexibility index (Phi) is 11.3. The van der Waals surface area contributed by atoms with Crippen LogP contribution in [-0.4, -0.2) is 30.7 Å². The third kappa shape index (κ3) is 10.7. The highest BCUT2D eigenvalue weighted by Crippen LogP contribution is 1.86. The van der Waals surface area contributed by atoms with Gasteiger partial charge in [-0.15, -0.1) is 0 Å². The van der Waals surface area contributed by atoms with Gasteiger partial charge in [-0.1, -0.05) is 22.6 Å². The first-order chi connectivity index (χ1) is 5.41. The lowest BCUT2D eigenvalue weighted by molar-refractivity contribution is 0.145. The molecule has 0 heterocycles. The average Bonchev–Trinajstić information content (AvgIpc) is 2.03. The van der Waals surface area contributed by atoms with E-state index in [2.05, 4.69) is 27.9 Å². The molecule has 0 atom stereocenters.